The predicted molar refractivity (Wildman–Crippen MR) is 125 cm³/mol. The van der Waals surface area contributed by atoms with Crippen LogP contribution in [-0.4, -0.2) is 18.3 Å². The Morgan fingerprint density at radius 2 is 1.67 bits per heavy atom. The average Bonchev–Trinajstić information content (AvgIpc) is 3.07. The van der Waals surface area contributed by atoms with Gasteiger partial charge in [-0.2, -0.15) is 0 Å². The van der Waals surface area contributed by atoms with Crippen molar-refractivity contribution in [2.45, 2.75) is 6.92 Å². The lowest BCUT2D eigenvalue weighted by atomic mass is 10.1. The number of ether oxygens (including phenoxy) is 1. The molecular formula is C24H18BrClN2O2. The summed E-state index contributed by atoms with van der Waals surface area (Å²) in [6.45, 7) is 2.52. The zero-order chi connectivity index (χ0) is 21.1. The van der Waals surface area contributed by atoms with Gasteiger partial charge in [0.25, 0.3) is 5.91 Å². The van der Waals surface area contributed by atoms with E-state index in [2.05, 4.69) is 20.9 Å². The number of benzene rings is 3. The summed E-state index contributed by atoms with van der Waals surface area (Å²) in [7, 11) is 0. The first kappa shape index (κ1) is 20.4. The second-order valence-corrected chi connectivity index (χ2v) is 7.94. The van der Waals surface area contributed by atoms with Crippen molar-refractivity contribution in [2.24, 2.45) is 4.99 Å². The Kier molecular flexibility index (Phi) is 6.02. The van der Waals surface area contributed by atoms with Gasteiger partial charge in [0.15, 0.2) is 0 Å². The van der Waals surface area contributed by atoms with E-state index >= 15 is 0 Å². The van der Waals surface area contributed by atoms with E-state index in [1.165, 1.54) is 0 Å². The highest BCUT2D eigenvalue weighted by atomic mass is 79.9. The van der Waals surface area contributed by atoms with Crippen LogP contribution in [0.1, 0.15) is 18.1 Å². The SMILES string of the molecule is CCOc1ccc(N2C(=O)/C(=C\c3ccc(Cl)cc3)N=C2c2ccc(Br)cc2)cc1. The number of carbonyl (C=O) groups is 1. The maximum Gasteiger partial charge on any atom is 0.282 e. The van der Waals surface area contributed by atoms with Crippen molar-refractivity contribution in [1.82, 2.24) is 0 Å². The molecule has 3 aromatic carbocycles. The lowest BCUT2D eigenvalue weighted by Crippen LogP contribution is -2.32. The number of aliphatic imine (C=N–C) groups is 1. The summed E-state index contributed by atoms with van der Waals surface area (Å²) < 4.78 is 6.48. The summed E-state index contributed by atoms with van der Waals surface area (Å²) in [4.78, 5) is 19.6. The monoisotopic (exact) mass is 480 g/mol. The summed E-state index contributed by atoms with van der Waals surface area (Å²) in [5, 5.41) is 0.643. The minimum Gasteiger partial charge on any atom is -0.494 e. The van der Waals surface area contributed by atoms with Crippen molar-refractivity contribution in [3.05, 3.63) is 99.1 Å². The third kappa shape index (κ3) is 4.32. The predicted octanol–water partition coefficient (Wildman–Crippen LogP) is 6.34. The fraction of sp³-hybridized carbons (Fsp3) is 0.0833. The number of nitrogens with zero attached hydrogens (tertiary/aromatic N) is 2. The normalized spacial score (nSPS) is 14.9. The number of rotatable bonds is 5. The molecule has 0 saturated carbocycles. The number of anilines is 1. The van der Waals surface area contributed by atoms with Gasteiger partial charge in [-0.05, 0) is 67.1 Å². The molecule has 0 atom stereocenters. The number of hydrogen-bond acceptors (Lipinski definition) is 3. The largest absolute Gasteiger partial charge is 0.494 e. The summed E-state index contributed by atoms with van der Waals surface area (Å²) in [5.41, 5.74) is 2.80. The molecule has 3 aromatic rings. The van der Waals surface area contributed by atoms with Gasteiger partial charge in [0.05, 0.1) is 12.3 Å². The molecule has 0 aliphatic carbocycles. The number of halogens is 2. The molecule has 0 unspecified atom stereocenters. The highest BCUT2D eigenvalue weighted by Crippen LogP contribution is 2.30. The first-order chi connectivity index (χ1) is 14.5. The molecule has 6 heteroatoms. The summed E-state index contributed by atoms with van der Waals surface area (Å²) in [6.07, 6.45) is 1.77. The molecule has 0 fully saturated rings. The number of amides is 1. The van der Waals surface area contributed by atoms with Gasteiger partial charge in [-0.1, -0.05) is 51.8 Å². The molecule has 1 heterocycles. The van der Waals surface area contributed by atoms with E-state index in [9.17, 15) is 4.79 Å². The second kappa shape index (κ2) is 8.86. The molecule has 150 valence electrons. The van der Waals surface area contributed by atoms with Crippen LogP contribution in [-0.2, 0) is 4.79 Å². The molecule has 1 aliphatic heterocycles. The lowest BCUT2D eigenvalue weighted by Gasteiger charge is -2.19. The smallest absolute Gasteiger partial charge is 0.282 e. The maximum atomic E-state index is 13.3. The standard InChI is InChI=1S/C24H18BrClN2O2/c1-2-30-21-13-11-20(12-14-21)28-23(17-5-7-18(25)8-6-17)27-22(24(28)29)15-16-3-9-19(26)10-4-16/h3-15H,2H2,1H3/b22-15+. The van der Waals surface area contributed by atoms with E-state index < -0.39 is 0 Å². The minimum atomic E-state index is -0.188. The van der Waals surface area contributed by atoms with Crippen LogP contribution < -0.4 is 9.64 Å². The van der Waals surface area contributed by atoms with E-state index in [0.717, 1.165) is 27.0 Å². The molecule has 0 bridgehead atoms. The Morgan fingerprint density at radius 1 is 1.00 bits per heavy atom. The topological polar surface area (TPSA) is 41.9 Å². The Labute approximate surface area is 188 Å². The molecule has 0 N–H and O–H groups in total. The Hall–Kier alpha value is -2.89. The van der Waals surface area contributed by atoms with Gasteiger partial charge >= 0.3 is 0 Å². The van der Waals surface area contributed by atoms with Crippen LogP contribution in [0.5, 0.6) is 5.75 Å². The Bertz CT molecular complexity index is 1120. The molecule has 4 rings (SSSR count). The number of carbonyl (C=O) groups excluding carboxylic acids is 1. The highest BCUT2D eigenvalue weighted by Gasteiger charge is 2.32. The highest BCUT2D eigenvalue weighted by molar-refractivity contribution is 9.10. The minimum absolute atomic E-state index is 0.188. The molecule has 30 heavy (non-hydrogen) atoms. The fourth-order valence-electron chi connectivity index (χ4n) is 3.12. The molecule has 1 aliphatic rings. The first-order valence-electron chi connectivity index (χ1n) is 9.44. The van der Waals surface area contributed by atoms with Gasteiger partial charge in [-0.25, -0.2) is 4.99 Å². The third-order valence-electron chi connectivity index (χ3n) is 4.54. The van der Waals surface area contributed by atoms with E-state index in [1.54, 1.807) is 23.1 Å². The zero-order valence-electron chi connectivity index (χ0n) is 16.2. The summed E-state index contributed by atoms with van der Waals surface area (Å²) in [6, 6.07) is 22.5. The number of amidine groups is 1. The van der Waals surface area contributed by atoms with Crippen LogP contribution >= 0.6 is 27.5 Å². The van der Waals surface area contributed by atoms with Crippen molar-refractivity contribution in [2.75, 3.05) is 11.5 Å². The van der Waals surface area contributed by atoms with Crippen molar-refractivity contribution >= 4 is 51.0 Å². The molecule has 0 spiro atoms. The van der Waals surface area contributed by atoms with Gasteiger partial charge in [-0.3, -0.25) is 9.69 Å². The molecule has 0 saturated heterocycles. The van der Waals surface area contributed by atoms with Crippen molar-refractivity contribution in [1.29, 1.82) is 0 Å². The van der Waals surface area contributed by atoms with E-state index in [-0.39, 0.29) is 5.91 Å². The first-order valence-corrected chi connectivity index (χ1v) is 10.6. The third-order valence-corrected chi connectivity index (χ3v) is 5.32. The van der Waals surface area contributed by atoms with E-state index in [0.29, 0.717) is 23.2 Å². The van der Waals surface area contributed by atoms with E-state index in [1.807, 2.05) is 67.6 Å². The summed E-state index contributed by atoms with van der Waals surface area (Å²) >= 11 is 9.43. The maximum absolute atomic E-state index is 13.3. The van der Waals surface area contributed by atoms with Gasteiger partial charge in [-0.15, -0.1) is 0 Å². The van der Waals surface area contributed by atoms with Gasteiger partial charge in [0, 0.05) is 15.1 Å². The zero-order valence-corrected chi connectivity index (χ0v) is 18.5. The molecule has 4 nitrogen and oxygen atoms in total. The molecule has 0 aromatic heterocycles. The van der Waals surface area contributed by atoms with Gasteiger partial charge < -0.3 is 4.74 Å². The fourth-order valence-corrected chi connectivity index (χ4v) is 3.51. The second-order valence-electron chi connectivity index (χ2n) is 6.59. The van der Waals surface area contributed by atoms with E-state index in [4.69, 9.17) is 16.3 Å². The van der Waals surface area contributed by atoms with Crippen molar-refractivity contribution < 1.29 is 9.53 Å². The quantitative estimate of drug-likeness (QED) is 0.399. The van der Waals surface area contributed by atoms with Crippen LogP contribution in [0.25, 0.3) is 6.08 Å². The van der Waals surface area contributed by atoms with Gasteiger partial charge in [0.1, 0.15) is 17.3 Å². The van der Waals surface area contributed by atoms with Crippen LogP contribution in [0.15, 0.2) is 88.0 Å². The Morgan fingerprint density at radius 3 is 2.30 bits per heavy atom. The molecule has 0 radical (unpaired) electrons. The Balaban J connectivity index is 1.76. The van der Waals surface area contributed by atoms with Crippen molar-refractivity contribution in [3.63, 3.8) is 0 Å². The summed E-state index contributed by atoms with van der Waals surface area (Å²) in [5.74, 6) is 1.15. The lowest BCUT2D eigenvalue weighted by molar-refractivity contribution is -0.113. The van der Waals surface area contributed by atoms with Crippen LogP contribution in [0.3, 0.4) is 0 Å². The van der Waals surface area contributed by atoms with Crippen LogP contribution in [0.4, 0.5) is 5.69 Å². The van der Waals surface area contributed by atoms with Crippen molar-refractivity contribution in [3.8, 4) is 5.75 Å². The molecular weight excluding hydrogens is 464 g/mol. The van der Waals surface area contributed by atoms with Crippen LogP contribution in [0.2, 0.25) is 5.02 Å². The molecule has 1 amide bonds. The average molecular weight is 482 g/mol. The van der Waals surface area contributed by atoms with Gasteiger partial charge in [0.2, 0.25) is 0 Å². The van der Waals surface area contributed by atoms with Crippen LogP contribution in [0, 0.1) is 0 Å². The number of hydrogen-bond donors (Lipinski definition) is 0.